The molecule has 4 nitrogen and oxygen atoms in total. The van der Waals surface area contributed by atoms with E-state index in [-0.39, 0.29) is 18.2 Å². The molecule has 1 saturated heterocycles. The van der Waals surface area contributed by atoms with E-state index < -0.39 is 0 Å². The molecule has 1 aliphatic rings. The Morgan fingerprint density at radius 2 is 2.06 bits per heavy atom. The van der Waals surface area contributed by atoms with E-state index in [2.05, 4.69) is 37.2 Å². The predicted octanol–water partition coefficient (Wildman–Crippen LogP) is 2.65. The lowest BCUT2D eigenvalue weighted by molar-refractivity contribution is -0.124. The predicted molar refractivity (Wildman–Crippen MR) is 74.1 cm³/mol. The monoisotopic (exact) mass is 373 g/mol. The second kappa shape index (κ2) is 5.24. The molecule has 2 amide bonds. The Morgan fingerprint density at radius 3 is 2.61 bits per heavy atom. The molecule has 0 aromatic heterocycles. The first-order valence-electron chi connectivity index (χ1n) is 5.09. The van der Waals surface area contributed by atoms with Crippen molar-refractivity contribution in [3.05, 3.63) is 32.2 Å². The number of hydrogen-bond donors (Lipinski definition) is 1. The zero-order valence-corrected chi connectivity index (χ0v) is 12.6. The first-order chi connectivity index (χ1) is 8.51. The third-order valence-electron chi connectivity index (χ3n) is 2.47. The summed E-state index contributed by atoms with van der Waals surface area (Å²) in [6.45, 7) is 0. The van der Waals surface area contributed by atoms with Crippen molar-refractivity contribution in [1.82, 2.24) is 5.32 Å². The zero-order valence-electron chi connectivity index (χ0n) is 9.42. The van der Waals surface area contributed by atoms with Crippen molar-refractivity contribution in [2.75, 3.05) is 7.11 Å². The topological polar surface area (TPSA) is 55.4 Å². The maximum Gasteiger partial charge on any atom is 0.254 e. The second-order valence-corrected chi connectivity index (χ2v) is 5.50. The van der Waals surface area contributed by atoms with Gasteiger partial charge in [-0.15, -0.1) is 0 Å². The number of halogens is 2. The molecule has 6 heteroatoms. The Kier molecular flexibility index (Phi) is 3.87. The van der Waals surface area contributed by atoms with E-state index in [4.69, 9.17) is 4.74 Å². The van der Waals surface area contributed by atoms with E-state index in [1.54, 1.807) is 13.2 Å². The van der Waals surface area contributed by atoms with Crippen molar-refractivity contribution in [3.63, 3.8) is 0 Å². The highest BCUT2D eigenvalue weighted by Crippen LogP contribution is 2.34. The molecule has 1 aliphatic heterocycles. The minimum absolute atomic E-state index is 0.103. The number of benzene rings is 1. The molecule has 1 aromatic carbocycles. The van der Waals surface area contributed by atoms with Crippen LogP contribution < -0.4 is 10.1 Å². The van der Waals surface area contributed by atoms with E-state index in [9.17, 15) is 9.59 Å². The molecule has 0 spiro atoms. The van der Waals surface area contributed by atoms with Crippen LogP contribution in [0.5, 0.6) is 5.75 Å². The number of carbonyl (C=O) groups excluding carboxylic acids is 2. The Hall–Kier alpha value is -1.14. The lowest BCUT2D eigenvalue weighted by Crippen LogP contribution is -2.19. The minimum Gasteiger partial charge on any atom is -0.495 e. The van der Waals surface area contributed by atoms with Crippen LogP contribution >= 0.6 is 31.9 Å². The summed E-state index contributed by atoms with van der Waals surface area (Å²) in [7, 11) is 1.55. The van der Waals surface area contributed by atoms with Gasteiger partial charge in [-0.2, -0.15) is 0 Å². The van der Waals surface area contributed by atoms with E-state index in [0.717, 1.165) is 14.5 Å². The van der Waals surface area contributed by atoms with Crippen molar-refractivity contribution in [3.8, 4) is 5.75 Å². The number of nitrogens with one attached hydrogen (secondary N) is 1. The maximum absolute atomic E-state index is 11.5. The standard InChI is InChI=1S/C12H9Br2NO3/c1-18-11-6(3-8(13)5-9(11)14)2-7-4-10(16)15-12(7)17/h2-3,5H,4H2,1H3,(H,15,16,17). The Morgan fingerprint density at radius 1 is 1.33 bits per heavy atom. The fourth-order valence-electron chi connectivity index (χ4n) is 1.71. The molecule has 1 aromatic rings. The Balaban J connectivity index is 2.48. The van der Waals surface area contributed by atoms with Gasteiger partial charge in [0.2, 0.25) is 5.91 Å². The van der Waals surface area contributed by atoms with Crippen molar-refractivity contribution in [2.24, 2.45) is 0 Å². The number of methoxy groups -OCH3 is 1. The van der Waals surface area contributed by atoms with Gasteiger partial charge in [0.25, 0.3) is 5.91 Å². The van der Waals surface area contributed by atoms with Crippen LogP contribution in [0.2, 0.25) is 0 Å². The third kappa shape index (κ3) is 2.64. The van der Waals surface area contributed by atoms with E-state index in [1.165, 1.54) is 0 Å². The zero-order chi connectivity index (χ0) is 13.3. The van der Waals surface area contributed by atoms with Crippen LogP contribution in [0.15, 0.2) is 26.7 Å². The number of rotatable bonds is 2. The van der Waals surface area contributed by atoms with Gasteiger partial charge in [-0.3, -0.25) is 14.9 Å². The average molecular weight is 375 g/mol. The Labute approximate surface area is 121 Å². The molecule has 1 heterocycles. The first-order valence-corrected chi connectivity index (χ1v) is 6.67. The molecule has 0 bridgehead atoms. The highest BCUT2D eigenvalue weighted by Gasteiger charge is 2.24. The summed E-state index contributed by atoms with van der Waals surface area (Å²) < 4.78 is 6.90. The smallest absolute Gasteiger partial charge is 0.254 e. The lowest BCUT2D eigenvalue weighted by Gasteiger charge is -2.08. The molecule has 0 unspecified atom stereocenters. The minimum atomic E-state index is -0.349. The summed E-state index contributed by atoms with van der Waals surface area (Å²) in [6, 6.07) is 3.67. The van der Waals surface area contributed by atoms with Gasteiger partial charge in [0, 0.05) is 15.6 Å². The molecule has 0 aliphatic carbocycles. The molecular formula is C12H9Br2NO3. The van der Waals surface area contributed by atoms with Gasteiger partial charge < -0.3 is 4.74 Å². The molecule has 1 fully saturated rings. The first kappa shape index (κ1) is 13.3. The quantitative estimate of drug-likeness (QED) is 0.639. The van der Waals surface area contributed by atoms with Crippen LogP contribution in [0.25, 0.3) is 6.08 Å². The fraction of sp³-hybridized carbons (Fsp3) is 0.167. The van der Waals surface area contributed by atoms with Gasteiger partial charge in [-0.25, -0.2) is 0 Å². The molecule has 1 N–H and O–H groups in total. The normalized spacial score (nSPS) is 17.2. The van der Waals surface area contributed by atoms with E-state index in [0.29, 0.717) is 11.3 Å². The van der Waals surface area contributed by atoms with Gasteiger partial charge in [0.1, 0.15) is 5.75 Å². The molecular weight excluding hydrogens is 366 g/mol. The molecule has 0 atom stereocenters. The van der Waals surface area contributed by atoms with Crippen LogP contribution in [0, 0.1) is 0 Å². The highest BCUT2D eigenvalue weighted by molar-refractivity contribution is 9.11. The van der Waals surface area contributed by atoms with Gasteiger partial charge in [-0.05, 0) is 34.1 Å². The average Bonchev–Trinajstić information content (AvgIpc) is 2.57. The Bertz CT molecular complexity index is 567. The summed E-state index contributed by atoms with van der Waals surface area (Å²) in [6.07, 6.45) is 1.76. The van der Waals surface area contributed by atoms with Crippen LogP contribution in [0.4, 0.5) is 0 Å². The summed E-state index contributed by atoms with van der Waals surface area (Å²) in [4.78, 5) is 22.6. The molecule has 94 valence electrons. The molecule has 0 saturated carbocycles. The summed E-state index contributed by atoms with van der Waals surface area (Å²) in [5.74, 6) is -0.00437. The molecule has 2 rings (SSSR count). The number of carbonyl (C=O) groups is 2. The third-order valence-corrected chi connectivity index (χ3v) is 3.51. The maximum atomic E-state index is 11.5. The largest absolute Gasteiger partial charge is 0.495 e. The van der Waals surface area contributed by atoms with Crippen molar-refractivity contribution in [2.45, 2.75) is 6.42 Å². The van der Waals surface area contributed by atoms with E-state index >= 15 is 0 Å². The summed E-state index contributed by atoms with van der Waals surface area (Å²) >= 11 is 6.75. The van der Waals surface area contributed by atoms with Gasteiger partial charge >= 0.3 is 0 Å². The van der Waals surface area contributed by atoms with E-state index in [1.807, 2.05) is 12.1 Å². The van der Waals surface area contributed by atoms with Crippen LogP contribution in [0.3, 0.4) is 0 Å². The fourth-order valence-corrected chi connectivity index (χ4v) is 3.13. The second-order valence-electron chi connectivity index (χ2n) is 3.73. The summed E-state index contributed by atoms with van der Waals surface area (Å²) in [5.41, 5.74) is 1.17. The number of amides is 2. The number of hydrogen-bond acceptors (Lipinski definition) is 3. The van der Waals surface area contributed by atoms with Gasteiger partial charge in [-0.1, -0.05) is 15.9 Å². The summed E-state index contributed by atoms with van der Waals surface area (Å²) in [5, 5.41) is 2.24. The van der Waals surface area contributed by atoms with Crippen molar-refractivity contribution < 1.29 is 14.3 Å². The molecule has 0 radical (unpaired) electrons. The number of ether oxygens (including phenoxy) is 1. The number of imide groups is 1. The van der Waals surface area contributed by atoms with Crippen molar-refractivity contribution >= 4 is 49.8 Å². The van der Waals surface area contributed by atoms with Gasteiger partial charge in [0.05, 0.1) is 18.0 Å². The van der Waals surface area contributed by atoms with Crippen molar-refractivity contribution in [1.29, 1.82) is 0 Å². The van der Waals surface area contributed by atoms with Crippen LogP contribution in [-0.4, -0.2) is 18.9 Å². The SMILES string of the molecule is COc1c(Br)cc(Br)cc1C=C1CC(=O)NC1=O. The lowest BCUT2D eigenvalue weighted by atomic mass is 10.1. The van der Waals surface area contributed by atoms with Gasteiger partial charge in [0.15, 0.2) is 0 Å². The van der Waals surface area contributed by atoms with Crippen LogP contribution in [-0.2, 0) is 9.59 Å². The van der Waals surface area contributed by atoms with Crippen LogP contribution in [0.1, 0.15) is 12.0 Å². The molecule has 18 heavy (non-hydrogen) atoms. The highest BCUT2D eigenvalue weighted by atomic mass is 79.9.